The van der Waals surface area contributed by atoms with Crippen molar-refractivity contribution >= 4 is 17.7 Å². The highest BCUT2D eigenvalue weighted by Crippen LogP contribution is 2.40. The second-order valence-electron chi connectivity index (χ2n) is 5.48. The van der Waals surface area contributed by atoms with Crippen LogP contribution in [-0.4, -0.2) is 40.9 Å². The first-order chi connectivity index (χ1) is 9.16. The fourth-order valence-corrected chi connectivity index (χ4v) is 4.19. The Balaban J connectivity index is 1.73. The van der Waals surface area contributed by atoms with Gasteiger partial charge in [0.1, 0.15) is 0 Å². The third-order valence-electron chi connectivity index (χ3n) is 4.22. The van der Waals surface area contributed by atoms with Gasteiger partial charge in [0, 0.05) is 29.7 Å². The average molecular weight is 277 g/mol. The van der Waals surface area contributed by atoms with Crippen LogP contribution in [0.5, 0.6) is 0 Å². The third-order valence-corrected chi connectivity index (χ3v) is 5.40. The number of benzene rings is 1. The number of aliphatic hydroxyl groups excluding tert-OH is 1. The summed E-state index contributed by atoms with van der Waals surface area (Å²) < 4.78 is 0. The molecule has 3 rings (SSSR count). The van der Waals surface area contributed by atoms with E-state index < -0.39 is 0 Å². The molecule has 19 heavy (non-hydrogen) atoms. The summed E-state index contributed by atoms with van der Waals surface area (Å²) in [6.07, 6.45) is 0.605. The van der Waals surface area contributed by atoms with E-state index >= 15 is 0 Å². The number of hydrogen-bond donors (Lipinski definition) is 1. The number of carbonyl (C=O) groups is 1. The summed E-state index contributed by atoms with van der Waals surface area (Å²) in [6, 6.07) is 8.20. The lowest BCUT2D eigenvalue weighted by Gasteiger charge is -2.21. The Morgan fingerprint density at radius 1 is 1.47 bits per heavy atom. The summed E-state index contributed by atoms with van der Waals surface area (Å²) >= 11 is 1.77. The molecule has 1 fully saturated rings. The highest BCUT2D eigenvalue weighted by Gasteiger charge is 2.36. The van der Waals surface area contributed by atoms with Gasteiger partial charge in [0.25, 0.3) is 0 Å². The molecule has 0 bridgehead atoms. The molecular weight excluding hydrogens is 258 g/mol. The Bertz CT molecular complexity index is 489. The van der Waals surface area contributed by atoms with Gasteiger partial charge in [-0.1, -0.05) is 18.2 Å². The molecule has 2 aliphatic rings. The molecule has 0 aromatic heterocycles. The first kappa shape index (κ1) is 13.0. The van der Waals surface area contributed by atoms with Gasteiger partial charge >= 0.3 is 0 Å². The van der Waals surface area contributed by atoms with Crippen molar-refractivity contribution in [2.75, 3.05) is 18.8 Å². The molecule has 1 saturated heterocycles. The summed E-state index contributed by atoms with van der Waals surface area (Å²) in [5.74, 6) is 1.34. The summed E-state index contributed by atoms with van der Waals surface area (Å²) in [6.45, 7) is 3.32. The number of amides is 1. The van der Waals surface area contributed by atoms with Gasteiger partial charge in [0.05, 0.1) is 12.0 Å². The Labute approximate surface area is 118 Å². The molecule has 0 spiro atoms. The van der Waals surface area contributed by atoms with Crippen molar-refractivity contribution in [3.05, 3.63) is 29.8 Å². The molecule has 102 valence electrons. The van der Waals surface area contributed by atoms with Crippen molar-refractivity contribution in [1.29, 1.82) is 0 Å². The predicted molar refractivity (Wildman–Crippen MR) is 76.3 cm³/mol. The minimum absolute atomic E-state index is 0.00829. The Hall–Kier alpha value is -1.00. The molecule has 3 atom stereocenters. The lowest BCUT2D eigenvalue weighted by atomic mass is 10.00. The van der Waals surface area contributed by atoms with E-state index in [1.165, 1.54) is 10.5 Å². The highest BCUT2D eigenvalue weighted by atomic mass is 32.2. The zero-order valence-corrected chi connectivity index (χ0v) is 11.9. The molecule has 2 heterocycles. The van der Waals surface area contributed by atoms with E-state index in [-0.39, 0.29) is 23.8 Å². The van der Waals surface area contributed by atoms with Gasteiger partial charge in [0.15, 0.2) is 0 Å². The van der Waals surface area contributed by atoms with Crippen LogP contribution in [0.2, 0.25) is 0 Å². The van der Waals surface area contributed by atoms with Crippen molar-refractivity contribution in [2.24, 2.45) is 5.92 Å². The smallest absolute Gasteiger partial charge is 0.231 e. The maximum absolute atomic E-state index is 12.6. The highest BCUT2D eigenvalue weighted by molar-refractivity contribution is 7.99. The molecule has 0 radical (unpaired) electrons. The van der Waals surface area contributed by atoms with Crippen molar-refractivity contribution in [3.63, 3.8) is 0 Å². The van der Waals surface area contributed by atoms with E-state index in [4.69, 9.17) is 0 Å². The standard InChI is InChI=1S/C15H19NO2S/c1-10(17)11-6-7-16(8-11)15(18)13-9-19-14-5-3-2-4-12(13)14/h2-5,10-11,13,17H,6-9H2,1H3. The van der Waals surface area contributed by atoms with E-state index in [9.17, 15) is 9.90 Å². The number of aliphatic hydroxyl groups is 1. The van der Waals surface area contributed by atoms with Gasteiger partial charge in [-0.05, 0) is 25.0 Å². The Kier molecular flexibility index (Phi) is 3.54. The van der Waals surface area contributed by atoms with E-state index in [1.807, 2.05) is 24.0 Å². The number of carbonyl (C=O) groups excluding carboxylic acids is 1. The largest absolute Gasteiger partial charge is 0.393 e. The fourth-order valence-electron chi connectivity index (χ4n) is 2.97. The second-order valence-corrected chi connectivity index (χ2v) is 6.54. The van der Waals surface area contributed by atoms with E-state index in [1.54, 1.807) is 11.8 Å². The van der Waals surface area contributed by atoms with Crippen molar-refractivity contribution in [1.82, 2.24) is 4.90 Å². The molecule has 3 unspecified atom stereocenters. The lowest BCUT2D eigenvalue weighted by Crippen LogP contribution is -2.34. The van der Waals surface area contributed by atoms with Gasteiger partial charge in [-0.15, -0.1) is 11.8 Å². The number of fused-ring (bicyclic) bond motifs is 1. The minimum atomic E-state index is -0.317. The molecule has 3 nitrogen and oxygen atoms in total. The maximum Gasteiger partial charge on any atom is 0.231 e. The van der Waals surface area contributed by atoms with Gasteiger partial charge in [-0.25, -0.2) is 0 Å². The maximum atomic E-state index is 12.6. The molecular formula is C15H19NO2S. The normalized spacial score (nSPS) is 27.4. The fraction of sp³-hybridized carbons (Fsp3) is 0.533. The zero-order valence-electron chi connectivity index (χ0n) is 11.1. The van der Waals surface area contributed by atoms with Crippen molar-refractivity contribution in [2.45, 2.75) is 30.3 Å². The summed E-state index contributed by atoms with van der Waals surface area (Å²) in [5, 5.41) is 9.63. The first-order valence-corrected chi connectivity index (χ1v) is 7.84. The Morgan fingerprint density at radius 2 is 2.26 bits per heavy atom. The van der Waals surface area contributed by atoms with Crippen LogP contribution in [0.3, 0.4) is 0 Å². The van der Waals surface area contributed by atoms with Gasteiger partial charge in [-0.3, -0.25) is 4.79 Å². The van der Waals surface area contributed by atoms with E-state index in [0.29, 0.717) is 6.54 Å². The molecule has 1 amide bonds. The lowest BCUT2D eigenvalue weighted by molar-refractivity contribution is -0.131. The van der Waals surface area contributed by atoms with Crippen LogP contribution in [-0.2, 0) is 4.79 Å². The van der Waals surface area contributed by atoms with Crippen LogP contribution in [0.1, 0.15) is 24.8 Å². The number of likely N-dealkylation sites (tertiary alicyclic amines) is 1. The second kappa shape index (κ2) is 5.17. The molecule has 1 aromatic rings. The molecule has 0 saturated carbocycles. The van der Waals surface area contributed by atoms with Gasteiger partial charge < -0.3 is 10.0 Å². The van der Waals surface area contributed by atoms with Crippen LogP contribution in [0, 0.1) is 5.92 Å². The first-order valence-electron chi connectivity index (χ1n) is 6.85. The zero-order chi connectivity index (χ0) is 13.4. The molecule has 0 aliphatic carbocycles. The molecule has 2 aliphatic heterocycles. The molecule has 1 N–H and O–H groups in total. The average Bonchev–Trinajstić information content (AvgIpc) is 3.05. The van der Waals surface area contributed by atoms with Crippen LogP contribution >= 0.6 is 11.8 Å². The third kappa shape index (κ3) is 2.39. The minimum Gasteiger partial charge on any atom is -0.393 e. The Morgan fingerprint density at radius 3 is 3.00 bits per heavy atom. The van der Waals surface area contributed by atoms with Crippen LogP contribution in [0.4, 0.5) is 0 Å². The van der Waals surface area contributed by atoms with Crippen molar-refractivity contribution in [3.8, 4) is 0 Å². The number of hydrogen-bond acceptors (Lipinski definition) is 3. The SMILES string of the molecule is CC(O)C1CCN(C(=O)C2CSc3ccccc32)C1. The molecule has 1 aromatic carbocycles. The summed E-state index contributed by atoms with van der Waals surface area (Å²) in [4.78, 5) is 15.8. The quantitative estimate of drug-likeness (QED) is 0.900. The monoisotopic (exact) mass is 277 g/mol. The summed E-state index contributed by atoms with van der Waals surface area (Å²) in [5.41, 5.74) is 1.18. The van der Waals surface area contributed by atoms with E-state index in [2.05, 4.69) is 12.1 Å². The van der Waals surface area contributed by atoms with Crippen LogP contribution < -0.4 is 0 Å². The predicted octanol–water partition coefficient (Wildman–Crippen LogP) is 2.11. The topological polar surface area (TPSA) is 40.5 Å². The number of nitrogens with zero attached hydrogens (tertiary/aromatic N) is 1. The van der Waals surface area contributed by atoms with Crippen LogP contribution in [0.15, 0.2) is 29.2 Å². The van der Waals surface area contributed by atoms with Gasteiger partial charge in [-0.2, -0.15) is 0 Å². The van der Waals surface area contributed by atoms with Crippen molar-refractivity contribution < 1.29 is 9.90 Å². The number of rotatable bonds is 2. The van der Waals surface area contributed by atoms with Gasteiger partial charge in [0.2, 0.25) is 5.91 Å². The number of thioether (sulfide) groups is 1. The molecule has 4 heteroatoms. The summed E-state index contributed by atoms with van der Waals surface area (Å²) in [7, 11) is 0. The van der Waals surface area contributed by atoms with E-state index in [0.717, 1.165) is 18.7 Å². The van der Waals surface area contributed by atoms with Crippen LogP contribution in [0.25, 0.3) is 0 Å².